The van der Waals surface area contributed by atoms with Gasteiger partial charge in [-0.25, -0.2) is 4.98 Å². The van der Waals surface area contributed by atoms with Gasteiger partial charge in [0.25, 0.3) is 0 Å². The maximum absolute atomic E-state index is 12.6. The Bertz CT molecular complexity index is 863. The van der Waals surface area contributed by atoms with Gasteiger partial charge in [0.15, 0.2) is 0 Å². The molecule has 2 amide bonds. The van der Waals surface area contributed by atoms with Crippen molar-refractivity contribution < 1.29 is 9.59 Å². The van der Waals surface area contributed by atoms with Crippen LogP contribution >= 0.6 is 0 Å². The highest BCUT2D eigenvalue weighted by Gasteiger charge is 2.33. The number of pyridine rings is 1. The van der Waals surface area contributed by atoms with Crippen molar-refractivity contribution in [3.05, 3.63) is 59.8 Å². The second-order valence-corrected chi connectivity index (χ2v) is 6.64. The molecule has 7 heteroatoms. The summed E-state index contributed by atoms with van der Waals surface area (Å²) < 4.78 is 0. The minimum Gasteiger partial charge on any atom is -0.367 e. The molecule has 1 aliphatic heterocycles. The van der Waals surface area contributed by atoms with E-state index in [1.54, 1.807) is 23.2 Å². The number of nitriles is 1. The van der Waals surface area contributed by atoms with Crippen molar-refractivity contribution in [3.63, 3.8) is 0 Å². The Hall–Kier alpha value is -3.40. The largest absolute Gasteiger partial charge is 0.367 e. The van der Waals surface area contributed by atoms with Crippen molar-refractivity contribution >= 4 is 17.6 Å². The highest BCUT2D eigenvalue weighted by Crippen LogP contribution is 2.19. The first kappa shape index (κ1) is 19.4. The number of aromatic nitrogens is 1. The summed E-state index contributed by atoms with van der Waals surface area (Å²) in [5.41, 5.74) is 1.41. The molecule has 28 heavy (non-hydrogen) atoms. The van der Waals surface area contributed by atoms with E-state index >= 15 is 0 Å². The highest BCUT2D eigenvalue weighted by atomic mass is 16.2. The Morgan fingerprint density at radius 3 is 2.79 bits per heavy atom. The van der Waals surface area contributed by atoms with E-state index in [0.717, 1.165) is 12.0 Å². The summed E-state index contributed by atoms with van der Waals surface area (Å²) in [6.45, 7) is 1.45. The van der Waals surface area contributed by atoms with Crippen molar-refractivity contribution in [1.29, 1.82) is 5.26 Å². The monoisotopic (exact) mass is 377 g/mol. The number of anilines is 1. The van der Waals surface area contributed by atoms with Crippen molar-refractivity contribution in [3.8, 4) is 6.07 Å². The SMILES string of the molecule is N#Cc1cccnc1NCCNC(=O)C1CCCN1C(=O)Cc1ccccc1. The summed E-state index contributed by atoms with van der Waals surface area (Å²) in [5.74, 6) is 0.344. The molecule has 3 rings (SSSR count). The van der Waals surface area contributed by atoms with Gasteiger partial charge in [0.2, 0.25) is 11.8 Å². The van der Waals surface area contributed by atoms with Crippen LogP contribution in [0.3, 0.4) is 0 Å². The lowest BCUT2D eigenvalue weighted by atomic mass is 10.1. The normalized spacial score (nSPS) is 15.7. The summed E-state index contributed by atoms with van der Waals surface area (Å²) >= 11 is 0. The Kier molecular flexibility index (Phi) is 6.58. The molecule has 2 heterocycles. The second-order valence-electron chi connectivity index (χ2n) is 6.64. The van der Waals surface area contributed by atoms with Gasteiger partial charge in [0.1, 0.15) is 17.9 Å². The van der Waals surface area contributed by atoms with Crippen LogP contribution in [0.2, 0.25) is 0 Å². The zero-order chi connectivity index (χ0) is 19.8. The van der Waals surface area contributed by atoms with Crippen LogP contribution in [0.15, 0.2) is 48.7 Å². The highest BCUT2D eigenvalue weighted by molar-refractivity contribution is 5.89. The van der Waals surface area contributed by atoms with E-state index < -0.39 is 6.04 Å². The lowest BCUT2D eigenvalue weighted by molar-refractivity contribution is -0.137. The molecule has 2 aromatic rings. The van der Waals surface area contributed by atoms with Gasteiger partial charge in [0, 0.05) is 25.8 Å². The minimum atomic E-state index is -0.416. The number of hydrogen-bond donors (Lipinski definition) is 2. The maximum atomic E-state index is 12.6. The van der Waals surface area contributed by atoms with Gasteiger partial charge >= 0.3 is 0 Å². The fraction of sp³-hybridized carbons (Fsp3) is 0.333. The number of nitrogens with zero attached hydrogens (tertiary/aromatic N) is 3. The number of nitrogens with one attached hydrogen (secondary N) is 2. The van der Waals surface area contributed by atoms with Gasteiger partial charge in [-0.05, 0) is 30.5 Å². The van der Waals surface area contributed by atoms with Crippen LogP contribution in [-0.2, 0) is 16.0 Å². The first-order valence-electron chi connectivity index (χ1n) is 9.39. The van der Waals surface area contributed by atoms with Crippen molar-refractivity contribution in [2.75, 3.05) is 25.0 Å². The molecule has 1 aromatic carbocycles. The smallest absolute Gasteiger partial charge is 0.242 e. The molecule has 2 N–H and O–H groups in total. The predicted molar refractivity (Wildman–Crippen MR) is 105 cm³/mol. The summed E-state index contributed by atoms with van der Waals surface area (Å²) in [6, 6.07) is 14.6. The van der Waals surface area contributed by atoms with Crippen LogP contribution in [0.5, 0.6) is 0 Å². The zero-order valence-corrected chi connectivity index (χ0v) is 15.6. The molecule has 1 aromatic heterocycles. The number of likely N-dealkylation sites (tertiary alicyclic amines) is 1. The molecule has 0 bridgehead atoms. The summed E-state index contributed by atoms with van der Waals surface area (Å²) in [4.78, 5) is 31.0. The molecule has 144 valence electrons. The zero-order valence-electron chi connectivity index (χ0n) is 15.6. The minimum absolute atomic E-state index is 0.0193. The van der Waals surface area contributed by atoms with Gasteiger partial charge in [-0.3, -0.25) is 9.59 Å². The van der Waals surface area contributed by atoms with Gasteiger partial charge in [0.05, 0.1) is 12.0 Å². The van der Waals surface area contributed by atoms with Gasteiger partial charge in [-0.15, -0.1) is 0 Å². The molecule has 0 saturated carbocycles. The number of carbonyl (C=O) groups is 2. The van der Waals surface area contributed by atoms with Crippen molar-refractivity contribution in [2.24, 2.45) is 0 Å². The first-order chi connectivity index (χ1) is 13.7. The second kappa shape index (κ2) is 9.51. The van der Waals surface area contributed by atoms with E-state index in [9.17, 15) is 9.59 Å². The van der Waals surface area contributed by atoms with Gasteiger partial charge in [-0.2, -0.15) is 5.26 Å². The predicted octanol–water partition coefficient (Wildman–Crippen LogP) is 1.72. The van der Waals surface area contributed by atoms with Crippen LogP contribution in [0, 0.1) is 11.3 Å². The molecule has 1 fully saturated rings. The maximum Gasteiger partial charge on any atom is 0.242 e. The Morgan fingerprint density at radius 1 is 1.18 bits per heavy atom. The third-order valence-corrected chi connectivity index (χ3v) is 4.72. The summed E-state index contributed by atoms with van der Waals surface area (Å²) in [5, 5.41) is 15.0. The number of rotatable bonds is 7. The van der Waals surface area contributed by atoms with Crippen molar-refractivity contribution in [2.45, 2.75) is 25.3 Å². The lowest BCUT2D eigenvalue weighted by Crippen LogP contribution is -2.47. The fourth-order valence-corrected chi connectivity index (χ4v) is 3.33. The van der Waals surface area contributed by atoms with Gasteiger partial charge < -0.3 is 15.5 Å². The molecule has 0 spiro atoms. The van der Waals surface area contributed by atoms with Crippen molar-refractivity contribution in [1.82, 2.24) is 15.2 Å². The van der Waals surface area contributed by atoms with Crippen LogP contribution < -0.4 is 10.6 Å². The molecule has 7 nitrogen and oxygen atoms in total. The van der Waals surface area contributed by atoms with Crippen LogP contribution in [0.4, 0.5) is 5.82 Å². The molecular formula is C21H23N5O2. The van der Waals surface area contributed by atoms with Gasteiger partial charge in [-0.1, -0.05) is 30.3 Å². The van der Waals surface area contributed by atoms with Crippen LogP contribution in [0.25, 0.3) is 0 Å². The summed E-state index contributed by atoms with van der Waals surface area (Å²) in [6.07, 6.45) is 3.42. The number of carbonyl (C=O) groups excluding carboxylic acids is 2. The molecule has 1 aliphatic rings. The topological polar surface area (TPSA) is 98.1 Å². The van der Waals surface area contributed by atoms with E-state index in [2.05, 4.69) is 21.7 Å². The standard InChI is InChI=1S/C21H23N5O2/c22-15-17-8-4-10-23-20(17)24-11-12-25-21(28)18-9-5-13-26(18)19(27)14-16-6-2-1-3-7-16/h1-4,6-8,10,18H,5,9,11-14H2,(H,23,24)(H,25,28). The van der Waals surface area contributed by atoms with E-state index in [1.165, 1.54) is 0 Å². The fourth-order valence-electron chi connectivity index (χ4n) is 3.33. The average Bonchev–Trinajstić information content (AvgIpc) is 3.22. The Labute approximate surface area is 164 Å². The van der Waals surface area contributed by atoms with Crippen LogP contribution in [0.1, 0.15) is 24.0 Å². The molecule has 1 saturated heterocycles. The number of benzene rings is 1. The van der Waals surface area contributed by atoms with E-state index in [0.29, 0.717) is 43.9 Å². The average molecular weight is 377 g/mol. The third kappa shape index (κ3) is 4.86. The lowest BCUT2D eigenvalue weighted by Gasteiger charge is -2.24. The number of hydrogen-bond acceptors (Lipinski definition) is 5. The molecule has 1 atom stereocenters. The summed E-state index contributed by atoms with van der Waals surface area (Å²) in [7, 11) is 0. The molecule has 0 aliphatic carbocycles. The Morgan fingerprint density at radius 2 is 2.00 bits per heavy atom. The quantitative estimate of drug-likeness (QED) is 0.716. The van der Waals surface area contributed by atoms with E-state index in [1.807, 2.05) is 30.3 Å². The Balaban J connectivity index is 1.48. The van der Waals surface area contributed by atoms with E-state index in [-0.39, 0.29) is 11.8 Å². The molecule has 1 unspecified atom stereocenters. The van der Waals surface area contributed by atoms with Crippen LogP contribution in [-0.4, -0.2) is 47.4 Å². The first-order valence-corrected chi connectivity index (χ1v) is 9.39. The van der Waals surface area contributed by atoms with E-state index in [4.69, 9.17) is 5.26 Å². The molecule has 0 radical (unpaired) electrons. The number of amides is 2. The third-order valence-electron chi connectivity index (χ3n) is 4.72. The molecular weight excluding hydrogens is 354 g/mol.